The Kier molecular flexibility index (Phi) is 6.87. The Morgan fingerprint density at radius 2 is 1.87 bits per heavy atom. The molecule has 0 radical (unpaired) electrons. The van der Waals surface area contributed by atoms with Crippen LogP contribution in [0.5, 0.6) is 5.75 Å². The average molecular weight is 340 g/mol. The van der Waals surface area contributed by atoms with Gasteiger partial charge in [0.05, 0.1) is 11.5 Å². The molecule has 1 aromatic carbocycles. The molecule has 0 spiro atoms. The van der Waals surface area contributed by atoms with Gasteiger partial charge in [-0.15, -0.1) is 0 Å². The van der Waals surface area contributed by atoms with Crippen LogP contribution in [0.4, 0.5) is 0 Å². The highest BCUT2D eigenvalue weighted by atomic mass is 32.2. The quantitative estimate of drug-likeness (QED) is 0.739. The molecule has 1 N–H and O–H groups in total. The summed E-state index contributed by atoms with van der Waals surface area (Å²) in [6, 6.07) is 6.54. The Morgan fingerprint density at radius 1 is 1.22 bits per heavy atom. The van der Waals surface area contributed by atoms with Gasteiger partial charge in [0.1, 0.15) is 5.75 Å². The van der Waals surface area contributed by atoms with Crippen LogP contribution in [0, 0.1) is 5.92 Å². The highest BCUT2D eigenvalue weighted by Gasteiger charge is 2.16. The van der Waals surface area contributed by atoms with E-state index < -0.39 is 10.0 Å². The lowest BCUT2D eigenvalue weighted by Crippen LogP contribution is -2.35. The van der Waals surface area contributed by atoms with Crippen molar-refractivity contribution in [1.82, 2.24) is 9.62 Å². The van der Waals surface area contributed by atoms with Gasteiger partial charge in [0.25, 0.3) is 0 Å². The molecule has 1 heterocycles. The Balaban J connectivity index is 1.75. The first-order chi connectivity index (χ1) is 11.0. The lowest BCUT2D eigenvalue weighted by atomic mass is 9.99. The molecule has 2 rings (SSSR count). The second-order valence-electron chi connectivity index (χ2n) is 6.18. The topological polar surface area (TPSA) is 58.6 Å². The Labute approximate surface area is 140 Å². The van der Waals surface area contributed by atoms with Crippen LogP contribution in [0.2, 0.25) is 0 Å². The van der Waals surface area contributed by atoms with Gasteiger partial charge in [-0.1, -0.05) is 6.92 Å². The van der Waals surface area contributed by atoms with Gasteiger partial charge < -0.3 is 9.64 Å². The number of benzene rings is 1. The van der Waals surface area contributed by atoms with E-state index in [9.17, 15) is 8.42 Å². The van der Waals surface area contributed by atoms with Crippen molar-refractivity contribution in [3.63, 3.8) is 0 Å². The molecule has 1 saturated heterocycles. The SMILES string of the molecule is CCOc1ccc(S(=O)(=O)NCCCN2CCC(C)CC2)cc1. The minimum Gasteiger partial charge on any atom is -0.494 e. The first-order valence-corrected chi connectivity index (χ1v) is 9.94. The van der Waals surface area contributed by atoms with Gasteiger partial charge in [0, 0.05) is 6.54 Å². The van der Waals surface area contributed by atoms with Crippen molar-refractivity contribution >= 4 is 10.0 Å². The third kappa shape index (κ3) is 5.79. The zero-order chi connectivity index (χ0) is 16.7. The summed E-state index contributed by atoms with van der Waals surface area (Å²) in [5.74, 6) is 1.51. The molecule has 6 heteroatoms. The van der Waals surface area contributed by atoms with Gasteiger partial charge in [-0.05, 0) is 76.0 Å². The first kappa shape index (κ1) is 18.2. The molecular weight excluding hydrogens is 312 g/mol. The van der Waals surface area contributed by atoms with E-state index in [0.717, 1.165) is 32.0 Å². The molecule has 1 fully saturated rings. The van der Waals surface area contributed by atoms with E-state index in [-0.39, 0.29) is 4.90 Å². The van der Waals surface area contributed by atoms with Crippen molar-refractivity contribution in [3.8, 4) is 5.75 Å². The second-order valence-corrected chi connectivity index (χ2v) is 7.95. The average Bonchev–Trinajstić information content (AvgIpc) is 2.54. The summed E-state index contributed by atoms with van der Waals surface area (Å²) in [7, 11) is -3.43. The molecule has 0 atom stereocenters. The fourth-order valence-electron chi connectivity index (χ4n) is 2.76. The number of piperidine rings is 1. The van der Waals surface area contributed by atoms with E-state index in [1.165, 1.54) is 12.8 Å². The van der Waals surface area contributed by atoms with Crippen molar-refractivity contribution in [1.29, 1.82) is 0 Å². The van der Waals surface area contributed by atoms with Gasteiger partial charge in [-0.3, -0.25) is 0 Å². The number of sulfonamides is 1. The molecule has 23 heavy (non-hydrogen) atoms. The smallest absolute Gasteiger partial charge is 0.240 e. The summed E-state index contributed by atoms with van der Waals surface area (Å²) in [5.41, 5.74) is 0. The predicted molar refractivity (Wildman–Crippen MR) is 92.3 cm³/mol. The van der Waals surface area contributed by atoms with Crippen LogP contribution in [-0.4, -0.2) is 46.1 Å². The highest BCUT2D eigenvalue weighted by molar-refractivity contribution is 7.89. The number of ether oxygens (including phenoxy) is 1. The maximum Gasteiger partial charge on any atom is 0.240 e. The minimum absolute atomic E-state index is 0.285. The maximum atomic E-state index is 12.2. The molecule has 0 unspecified atom stereocenters. The molecule has 0 amide bonds. The lowest BCUT2D eigenvalue weighted by Gasteiger charge is -2.30. The number of hydrogen-bond donors (Lipinski definition) is 1. The minimum atomic E-state index is -3.43. The largest absolute Gasteiger partial charge is 0.494 e. The van der Waals surface area contributed by atoms with Crippen molar-refractivity contribution in [3.05, 3.63) is 24.3 Å². The van der Waals surface area contributed by atoms with Crippen LogP contribution < -0.4 is 9.46 Å². The summed E-state index contributed by atoms with van der Waals surface area (Å²) in [6.07, 6.45) is 3.33. The van der Waals surface area contributed by atoms with Crippen LogP contribution in [0.25, 0.3) is 0 Å². The number of rotatable bonds is 8. The fraction of sp³-hybridized carbons (Fsp3) is 0.647. The summed E-state index contributed by atoms with van der Waals surface area (Å²) in [6.45, 7) is 8.46. The predicted octanol–water partition coefficient (Wildman–Crippen LogP) is 2.49. The van der Waals surface area contributed by atoms with Crippen LogP contribution >= 0.6 is 0 Å². The van der Waals surface area contributed by atoms with E-state index in [2.05, 4.69) is 16.5 Å². The normalized spacial score (nSPS) is 17.3. The van der Waals surface area contributed by atoms with E-state index in [1.807, 2.05) is 6.92 Å². The molecule has 5 nitrogen and oxygen atoms in total. The Morgan fingerprint density at radius 3 is 2.48 bits per heavy atom. The van der Waals surface area contributed by atoms with E-state index in [1.54, 1.807) is 24.3 Å². The third-order valence-electron chi connectivity index (χ3n) is 4.26. The molecule has 0 aliphatic carbocycles. The number of hydrogen-bond acceptors (Lipinski definition) is 4. The second kappa shape index (κ2) is 8.66. The molecule has 0 bridgehead atoms. The van der Waals surface area contributed by atoms with E-state index in [0.29, 0.717) is 18.9 Å². The zero-order valence-corrected chi connectivity index (χ0v) is 14.9. The van der Waals surface area contributed by atoms with Crippen molar-refractivity contribution in [2.24, 2.45) is 5.92 Å². The molecule has 0 aromatic heterocycles. The molecule has 1 aliphatic heterocycles. The summed E-state index contributed by atoms with van der Waals surface area (Å²) < 4.78 is 32.5. The summed E-state index contributed by atoms with van der Waals surface area (Å²) >= 11 is 0. The summed E-state index contributed by atoms with van der Waals surface area (Å²) in [4.78, 5) is 2.71. The standard InChI is InChI=1S/C17H28N2O3S/c1-3-22-16-5-7-17(8-6-16)23(20,21)18-11-4-12-19-13-9-15(2)10-14-19/h5-8,15,18H,3-4,9-14H2,1-2H3. The van der Waals surface area contributed by atoms with Crippen LogP contribution in [0.3, 0.4) is 0 Å². The van der Waals surface area contributed by atoms with Crippen LogP contribution in [0.15, 0.2) is 29.2 Å². The van der Waals surface area contributed by atoms with Crippen molar-refractivity contribution in [2.45, 2.75) is 38.0 Å². The van der Waals surface area contributed by atoms with Gasteiger partial charge in [0.15, 0.2) is 0 Å². The van der Waals surface area contributed by atoms with Crippen molar-refractivity contribution in [2.75, 3.05) is 32.8 Å². The monoisotopic (exact) mass is 340 g/mol. The third-order valence-corrected chi connectivity index (χ3v) is 5.74. The van der Waals surface area contributed by atoms with E-state index in [4.69, 9.17) is 4.74 Å². The van der Waals surface area contributed by atoms with Gasteiger partial charge >= 0.3 is 0 Å². The molecule has 130 valence electrons. The molecule has 1 aromatic rings. The van der Waals surface area contributed by atoms with Crippen LogP contribution in [0.1, 0.15) is 33.1 Å². The molecular formula is C17H28N2O3S. The number of likely N-dealkylation sites (tertiary alicyclic amines) is 1. The lowest BCUT2D eigenvalue weighted by molar-refractivity contribution is 0.191. The fourth-order valence-corrected chi connectivity index (χ4v) is 3.83. The molecule has 1 aliphatic rings. The van der Waals surface area contributed by atoms with Gasteiger partial charge in [-0.2, -0.15) is 0 Å². The summed E-state index contributed by atoms with van der Waals surface area (Å²) in [5, 5.41) is 0. The van der Waals surface area contributed by atoms with Gasteiger partial charge in [0.2, 0.25) is 10.0 Å². The van der Waals surface area contributed by atoms with Crippen LogP contribution in [-0.2, 0) is 10.0 Å². The Hall–Kier alpha value is -1.11. The van der Waals surface area contributed by atoms with Gasteiger partial charge in [-0.25, -0.2) is 13.1 Å². The van der Waals surface area contributed by atoms with Crippen molar-refractivity contribution < 1.29 is 13.2 Å². The number of nitrogens with zero attached hydrogens (tertiary/aromatic N) is 1. The molecule has 0 saturated carbocycles. The maximum absolute atomic E-state index is 12.2. The highest BCUT2D eigenvalue weighted by Crippen LogP contribution is 2.17. The zero-order valence-electron chi connectivity index (χ0n) is 14.1. The first-order valence-electron chi connectivity index (χ1n) is 8.46. The number of nitrogens with one attached hydrogen (secondary N) is 1. The Bertz CT molecular complexity index is 564. The van der Waals surface area contributed by atoms with E-state index >= 15 is 0 Å².